The maximum absolute atomic E-state index is 11.1. The first-order chi connectivity index (χ1) is 17.4. The van der Waals surface area contributed by atoms with Crippen LogP contribution in [0.1, 0.15) is 49.5 Å². The van der Waals surface area contributed by atoms with E-state index in [0.717, 1.165) is 36.8 Å². The number of aromatic hydroxyl groups is 2. The Balaban J connectivity index is 2.08. The van der Waals surface area contributed by atoms with Gasteiger partial charge in [-0.15, -0.1) is 0 Å². The molecule has 0 spiro atoms. The average molecular weight is 497 g/mol. The molecule has 0 heterocycles. The van der Waals surface area contributed by atoms with E-state index in [4.69, 9.17) is 18.9 Å². The summed E-state index contributed by atoms with van der Waals surface area (Å²) < 4.78 is 22.5. The number of hydrogen-bond donors (Lipinski definition) is 3. The van der Waals surface area contributed by atoms with Gasteiger partial charge in [-0.05, 0) is 65.9 Å². The van der Waals surface area contributed by atoms with Crippen molar-refractivity contribution in [2.45, 2.75) is 45.6 Å². The van der Waals surface area contributed by atoms with Gasteiger partial charge in [0.05, 0.1) is 21.3 Å². The molecule has 0 radical (unpaired) electrons. The first-order valence-corrected chi connectivity index (χ1v) is 12.2. The average Bonchev–Trinajstić information content (AvgIpc) is 2.88. The first kappa shape index (κ1) is 27.0. The van der Waals surface area contributed by atoms with Gasteiger partial charge in [0, 0.05) is 11.1 Å². The minimum absolute atomic E-state index is 0.0128. The van der Waals surface area contributed by atoms with Crippen molar-refractivity contribution in [1.82, 2.24) is 0 Å². The monoisotopic (exact) mass is 496 g/mol. The number of phenols is 2. The molecule has 0 aliphatic rings. The topological polar surface area (TPSA) is 97.6 Å². The Labute approximate surface area is 212 Å². The minimum Gasteiger partial charge on any atom is -0.504 e. The number of aliphatic hydroxyl groups is 1. The maximum atomic E-state index is 11.1. The Morgan fingerprint density at radius 1 is 0.722 bits per heavy atom. The molecule has 0 amide bonds. The number of phenolic OH excluding ortho intramolecular Hbond substituents is 2. The van der Waals surface area contributed by atoms with Crippen LogP contribution in [0.15, 0.2) is 42.5 Å². The van der Waals surface area contributed by atoms with E-state index < -0.39 is 6.10 Å². The Morgan fingerprint density at radius 2 is 1.31 bits per heavy atom. The van der Waals surface area contributed by atoms with E-state index in [1.807, 2.05) is 24.3 Å². The lowest BCUT2D eigenvalue weighted by Gasteiger charge is -2.21. The van der Waals surface area contributed by atoms with Gasteiger partial charge in [-0.1, -0.05) is 32.8 Å². The molecule has 0 bridgehead atoms. The second-order valence-corrected chi connectivity index (χ2v) is 8.63. The molecule has 3 aromatic rings. The van der Waals surface area contributed by atoms with Gasteiger partial charge >= 0.3 is 0 Å². The fourth-order valence-corrected chi connectivity index (χ4v) is 4.21. The minimum atomic E-state index is -0.998. The molecule has 1 atom stereocenters. The van der Waals surface area contributed by atoms with Crippen molar-refractivity contribution in [1.29, 1.82) is 0 Å². The van der Waals surface area contributed by atoms with Crippen molar-refractivity contribution in [3.8, 4) is 45.6 Å². The predicted octanol–water partition coefficient (Wildman–Crippen LogP) is 5.81. The van der Waals surface area contributed by atoms with Crippen LogP contribution < -0.4 is 18.9 Å². The zero-order chi connectivity index (χ0) is 26.2. The normalized spacial score (nSPS) is 11.7. The van der Waals surface area contributed by atoms with Gasteiger partial charge in [-0.3, -0.25) is 0 Å². The third kappa shape index (κ3) is 5.97. The molecule has 0 aliphatic heterocycles. The summed E-state index contributed by atoms with van der Waals surface area (Å²) in [6, 6.07) is 12.3. The third-order valence-corrected chi connectivity index (χ3v) is 6.03. The van der Waals surface area contributed by atoms with Gasteiger partial charge in [0.2, 0.25) is 0 Å². The van der Waals surface area contributed by atoms with Crippen molar-refractivity contribution in [2.24, 2.45) is 0 Å². The Morgan fingerprint density at radius 3 is 1.89 bits per heavy atom. The second kappa shape index (κ2) is 12.4. The second-order valence-electron chi connectivity index (χ2n) is 8.63. The van der Waals surface area contributed by atoms with Gasteiger partial charge in [0.15, 0.2) is 34.5 Å². The summed E-state index contributed by atoms with van der Waals surface area (Å²) in [5, 5.41) is 31.8. The molecule has 0 aliphatic carbocycles. The van der Waals surface area contributed by atoms with Crippen LogP contribution in [-0.4, -0.2) is 43.3 Å². The van der Waals surface area contributed by atoms with Crippen LogP contribution >= 0.6 is 0 Å². The molecule has 1 unspecified atom stereocenters. The molecule has 7 nitrogen and oxygen atoms in total. The van der Waals surface area contributed by atoms with Gasteiger partial charge in [0.1, 0.15) is 12.7 Å². The molecule has 3 rings (SSSR count). The third-order valence-electron chi connectivity index (χ3n) is 6.03. The molecule has 0 fully saturated rings. The van der Waals surface area contributed by atoms with Gasteiger partial charge in [0.25, 0.3) is 0 Å². The van der Waals surface area contributed by atoms with E-state index in [2.05, 4.69) is 13.8 Å². The molecule has 0 aromatic heterocycles. The summed E-state index contributed by atoms with van der Waals surface area (Å²) in [6.45, 7) is 4.11. The highest BCUT2D eigenvalue weighted by molar-refractivity contribution is 5.81. The van der Waals surface area contributed by atoms with E-state index in [1.165, 1.54) is 20.3 Å². The maximum Gasteiger partial charge on any atom is 0.169 e. The number of benzene rings is 3. The number of methoxy groups -OCH3 is 3. The quantitative estimate of drug-likeness (QED) is 0.291. The number of rotatable bonds is 12. The van der Waals surface area contributed by atoms with Crippen LogP contribution in [0.3, 0.4) is 0 Å². The first-order valence-electron chi connectivity index (χ1n) is 12.2. The van der Waals surface area contributed by atoms with E-state index in [0.29, 0.717) is 33.9 Å². The lowest BCUT2D eigenvalue weighted by molar-refractivity contribution is 0.106. The number of ether oxygens (including phenoxy) is 4. The SMILES string of the molecule is CCCc1cc(OC)c(O)c(-c2cc(CCC)cc(OC)c2OCC(O)c2ccc(O)c(OC)c2)c1. The molecule has 0 saturated heterocycles. The summed E-state index contributed by atoms with van der Waals surface area (Å²) in [4.78, 5) is 0. The van der Waals surface area contributed by atoms with E-state index >= 15 is 0 Å². The van der Waals surface area contributed by atoms with Crippen LogP contribution in [-0.2, 0) is 12.8 Å². The van der Waals surface area contributed by atoms with Crippen LogP contribution in [0, 0.1) is 0 Å². The highest BCUT2D eigenvalue weighted by atomic mass is 16.5. The highest BCUT2D eigenvalue weighted by Gasteiger charge is 2.22. The number of aryl methyl sites for hydroxylation is 2. The summed E-state index contributed by atoms with van der Waals surface area (Å²) >= 11 is 0. The molecule has 3 N–H and O–H groups in total. The van der Waals surface area contributed by atoms with Crippen LogP contribution in [0.5, 0.6) is 34.5 Å². The smallest absolute Gasteiger partial charge is 0.169 e. The fraction of sp³-hybridized carbons (Fsp3) is 0.379. The summed E-state index contributed by atoms with van der Waals surface area (Å²) in [7, 11) is 4.55. The summed E-state index contributed by atoms with van der Waals surface area (Å²) in [6.07, 6.45) is 2.54. The van der Waals surface area contributed by atoms with Crippen molar-refractivity contribution < 1.29 is 34.3 Å². The predicted molar refractivity (Wildman–Crippen MR) is 140 cm³/mol. The molecular weight excluding hydrogens is 460 g/mol. The molecule has 194 valence electrons. The fourth-order valence-electron chi connectivity index (χ4n) is 4.21. The molecule has 0 saturated carbocycles. The zero-order valence-corrected chi connectivity index (χ0v) is 21.6. The summed E-state index contributed by atoms with van der Waals surface area (Å²) in [5.74, 6) is 1.57. The van der Waals surface area contributed by atoms with Gasteiger partial charge in [-0.25, -0.2) is 0 Å². The van der Waals surface area contributed by atoms with E-state index in [1.54, 1.807) is 19.2 Å². The van der Waals surface area contributed by atoms with Gasteiger partial charge in [-0.2, -0.15) is 0 Å². The van der Waals surface area contributed by atoms with Crippen LogP contribution in [0.25, 0.3) is 11.1 Å². The van der Waals surface area contributed by atoms with E-state index in [9.17, 15) is 15.3 Å². The van der Waals surface area contributed by atoms with Crippen LogP contribution in [0.4, 0.5) is 0 Å². The lowest BCUT2D eigenvalue weighted by Crippen LogP contribution is -2.11. The van der Waals surface area contributed by atoms with E-state index in [-0.39, 0.29) is 23.9 Å². The Hall–Kier alpha value is -3.58. The van der Waals surface area contributed by atoms with Gasteiger partial charge < -0.3 is 34.3 Å². The number of hydrogen-bond acceptors (Lipinski definition) is 7. The van der Waals surface area contributed by atoms with Crippen molar-refractivity contribution in [3.05, 3.63) is 59.2 Å². The number of aliphatic hydroxyl groups excluding tert-OH is 1. The highest BCUT2D eigenvalue weighted by Crippen LogP contribution is 2.46. The molecule has 36 heavy (non-hydrogen) atoms. The largest absolute Gasteiger partial charge is 0.504 e. The molecular formula is C29H36O7. The molecule has 3 aromatic carbocycles. The van der Waals surface area contributed by atoms with Crippen LogP contribution in [0.2, 0.25) is 0 Å². The Bertz CT molecular complexity index is 1170. The lowest BCUT2D eigenvalue weighted by atomic mass is 9.95. The zero-order valence-electron chi connectivity index (χ0n) is 21.6. The Kier molecular flexibility index (Phi) is 9.31. The van der Waals surface area contributed by atoms with Crippen molar-refractivity contribution >= 4 is 0 Å². The van der Waals surface area contributed by atoms with Crippen molar-refractivity contribution in [3.63, 3.8) is 0 Å². The van der Waals surface area contributed by atoms with Crippen molar-refractivity contribution in [2.75, 3.05) is 27.9 Å². The molecule has 7 heteroatoms. The standard InChI is InChI=1S/C29H36O7/c1-6-8-18-12-21(28(32)26(14-18)34-4)22-13-19(9-7-2)15-27(35-5)29(22)36-17-24(31)20-10-11-23(30)25(16-20)33-3/h10-16,24,30-32H,6-9,17H2,1-5H3. The summed E-state index contributed by atoms with van der Waals surface area (Å²) in [5.41, 5.74) is 3.83.